The number of ether oxygens (including phenoxy) is 1. The smallest absolute Gasteiger partial charge is 0.136 e. The minimum absolute atomic E-state index is 0.599. The van der Waals surface area contributed by atoms with Crippen molar-refractivity contribution in [3.05, 3.63) is 11.8 Å². The molecule has 3 heteroatoms. The van der Waals surface area contributed by atoms with Gasteiger partial charge in [-0.05, 0) is 45.2 Å². The van der Waals surface area contributed by atoms with Crippen molar-refractivity contribution >= 4 is 0 Å². The van der Waals surface area contributed by atoms with E-state index in [1.165, 1.54) is 0 Å². The quantitative estimate of drug-likeness (QED) is 0.698. The van der Waals surface area contributed by atoms with Gasteiger partial charge >= 0.3 is 0 Å². The summed E-state index contributed by atoms with van der Waals surface area (Å²) < 4.78 is 19.7. The van der Waals surface area contributed by atoms with E-state index in [9.17, 15) is 4.39 Å². The van der Waals surface area contributed by atoms with Gasteiger partial charge in [0, 0.05) is 5.57 Å². The van der Waals surface area contributed by atoms with Crippen LogP contribution in [0.2, 0.25) is 0 Å². The average molecular weight is 199 g/mol. The lowest BCUT2D eigenvalue weighted by Gasteiger charge is -2.28. The van der Waals surface area contributed by atoms with Crippen molar-refractivity contribution in [2.45, 2.75) is 37.8 Å². The Kier molecular flexibility index (Phi) is 3.06. The van der Waals surface area contributed by atoms with E-state index in [1.54, 1.807) is 6.26 Å². The molecule has 1 N–H and O–H groups in total. The van der Waals surface area contributed by atoms with E-state index in [0.717, 1.165) is 44.5 Å². The predicted octanol–water partition coefficient (Wildman–Crippen LogP) is 2.16. The standard InChI is InChI=1S/C11H18FNO/c12-11(4-2-6-13-7-5-11)10-3-1-8-14-9-10/h9,13H,1-8H2. The molecular weight excluding hydrogens is 181 g/mol. The maximum atomic E-state index is 14.5. The first-order valence-corrected chi connectivity index (χ1v) is 5.52. The van der Waals surface area contributed by atoms with Crippen LogP contribution in [0.1, 0.15) is 32.1 Å². The van der Waals surface area contributed by atoms with Gasteiger partial charge in [0.05, 0.1) is 12.9 Å². The molecule has 0 saturated carbocycles. The van der Waals surface area contributed by atoms with Gasteiger partial charge < -0.3 is 10.1 Å². The van der Waals surface area contributed by atoms with Gasteiger partial charge in [0.15, 0.2) is 0 Å². The van der Waals surface area contributed by atoms with Gasteiger partial charge in [-0.2, -0.15) is 0 Å². The summed E-state index contributed by atoms with van der Waals surface area (Å²) >= 11 is 0. The van der Waals surface area contributed by atoms with Crippen LogP contribution in [0.3, 0.4) is 0 Å². The van der Waals surface area contributed by atoms with Crippen LogP contribution in [0.5, 0.6) is 0 Å². The van der Waals surface area contributed by atoms with Crippen molar-refractivity contribution in [1.82, 2.24) is 5.32 Å². The summed E-state index contributed by atoms with van der Waals surface area (Å²) in [6, 6.07) is 0. The third-order valence-electron chi connectivity index (χ3n) is 3.13. The van der Waals surface area contributed by atoms with Crippen molar-refractivity contribution in [3.63, 3.8) is 0 Å². The molecule has 1 saturated heterocycles. The normalized spacial score (nSPS) is 34.2. The van der Waals surface area contributed by atoms with Crippen LogP contribution in [-0.2, 0) is 4.74 Å². The van der Waals surface area contributed by atoms with Crippen molar-refractivity contribution in [1.29, 1.82) is 0 Å². The van der Waals surface area contributed by atoms with Gasteiger partial charge in [-0.15, -0.1) is 0 Å². The zero-order valence-electron chi connectivity index (χ0n) is 8.52. The van der Waals surface area contributed by atoms with E-state index in [0.29, 0.717) is 12.8 Å². The Labute approximate surface area is 84.5 Å². The highest BCUT2D eigenvalue weighted by Crippen LogP contribution is 2.36. The van der Waals surface area contributed by atoms with Crippen molar-refractivity contribution in [3.8, 4) is 0 Å². The van der Waals surface area contributed by atoms with Gasteiger partial charge in [0.25, 0.3) is 0 Å². The number of allylic oxidation sites excluding steroid dienone is 1. The number of nitrogens with one attached hydrogen (secondary N) is 1. The van der Waals surface area contributed by atoms with Crippen LogP contribution in [-0.4, -0.2) is 25.4 Å². The Morgan fingerprint density at radius 2 is 2.21 bits per heavy atom. The third kappa shape index (κ3) is 2.08. The largest absolute Gasteiger partial charge is 0.501 e. The Morgan fingerprint density at radius 3 is 3.00 bits per heavy atom. The third-order valence-corrected chi connectivity index (χ3v) is 3.13. The van der Waals surface area contributed by atoms with E-state index >= 15 is 0 Å². The molecule has 2 heterocycles. The molecule has 0 aromatic rings. The first-order valence-electron chi connectivity index (χ1n) is 5.52. The number of alkyl halides is 1. The topological polar surface area (TPSA) is 21.3 Å². The second-order valence-corrected chi connectivity index (χ2v) is 4.19. The maximum Gasteiger partial charge on any atom is 0.136 e. The number of hydrogen-bond acceptors (Lipinski definition) is 2. The van der Waals surface area contributed by atoms with Crippen LogP contribution >= 0.6 is 0 Å². The number of rotatable bonds is 1. The molecule has 2 aliphatic rings. The molecule has 0 aromatic heterocycles. The Balaban J connectivity index is 2.07. The van der Waals surface area contributed by atoms with Gasteiger partial charge in [-0.1, -0.05) is 0 Å². The lowest BCUT2D eigenvalue weighted by atomic mass is 9.86. The first-order chi connectivity index (χ1) is 6.81. The zero-order valence-corrected chi connectivity index (χ0v) is 8.52. The fourth-order valence-electron chi connectivity index (χ4n) is 2.25. The lowest BCUT2D eigenvalue weighted by molar-refractivity contribution is 0.149. The SMILES string of the molecule is FC1(C2=COCCC2)CCCNCC1. The monoisotopic (exact) mass is 199 g/mol. The van der Waals surface area contributed by atoms with Gasteiger partial charge in [-0.3, -0.25) is 0 Å². The fraction of sp³-hybridized carbons (Fsp3) is 0.818. The van der Waals surface area contributed by atoms with Gasteiger partial charge in [0.1, 0.15) is 5.67 Å². The van der Waals surface area contributed by atoms with Crippen LogP contribution in [0, 0.1) is 0 Å². The fourth-order valence-corrected chi connectivity index (χ4v) is 2.25. The molecular formula is C11H18FNO. The average Bonchev–Trinajstić information content (AvgIpc) is 2.46. The molecule has 2 nitrogen and oxygen atoms in total. The number of halogens is 1. The molecule has 2 rings (SSSR count). The zero-order chi connectivity index (χ0) is 9.86. The summed E-state index contributed by atoms with van der Waals surface area (Å²) in [6.45, 7) is 2.48. The van der Waals surface area contributed by atoms with E-state index in [-0.39, 0.29) is 0 Å². The molecule has 0 amide bonds. The van der Waals surface area contributed by atoms with E-state index in [1.807, 2.05) is 0 Å². The molecule has 0 bridgehead atoms. The van der Waals surface area contributed by atoms with E-state index in [2.05, 4.69) is 5.32 Å². The minimum atomic E-state index is -1.09. The summed E-state index contributed by atoms with van der Waals surface area (Å²) in [6.07, 6.45) is 5.67. The molecule has 0 spiro atoms. The second-order valence-electron chi connectivity index (χ2n) is 4.19. The minimum Gasteiger partial charge on any atom is -0.501 e. The Morgan fingerprint density at radius 1 is 1.29 bits per heavy atom. The molecule has 0 radical (unpaired) electrons. The van der Waals surface area contributed by atoms with Crippen LogP contribution in [0.4, 0.5) is 4.39 Å². The summed E-state index contributed by atoms with van der Waals surface area (Å²) in [5, 5.41) is 3.23. The van der Waals surface area contributed by atoms with E-state index < -0.39 is 5.67 Å². The number of hydrogen-bond donors (Lipinski definition) is 1. The summed E-state index contributed by atoms with van der Waals surface area (Å²) in [5.41, 5.74) is -0.211. The molecule has 14 heavy (non-hydrogen) atoms. The van der Waals surface area contributed by atoms with Crippen LogP contribution in [0.15, 0.2) is 11.8 Å². The predicted molar refractivity (Wildman–Crippen MR) is 53.8 cm³/mol. The molecule has 80 valence electrons. The second kappa shape index (κ2) is 4.30. The molecule has 1 fully saturated rings. The summed E-state index contributed by atoms with van der Waals surface area (Å²) in [4.78, 5) is 0. The van der Waals surface area contributed by atoms with Crippen molar-refractivity contribution < 1.29 is 9.13 Å². The van der Waals surface area contributed by atoms with E-state index in [4.69, 9.17) is 4.74 Å². The highest BCUT2D eigenvalue weighted by Gasteiger charge is 2.35. The first kappa shape index (κ1) is 9.97. The molecule has 2 aliphatic heterocycles. The van der Waals surface area contributed by atoms with Crippen molar-refractivity contribution in [2.75, 3.05) is 19.7 Å². The molecule has 1 atom stereocenters. The highest BCUT2D eigenvalue weighted by atomic mass is 19.1. The van der Waals surface area contributed by atoms with Crippen LogP contribution < -0.4 is 5.32 Å². The van der Waals surface area contributed by atoms with Gasteiger partial charge in [-0.25, -0.2) is 4.39 Å². The Bertz CT molecular complexity index is 219. The Hall–Kier alpha value is -0.570. The maximum absolute atomic E-state index is 14.5. The molecule has 1 unspecified atom stereocenters. The molecule has 0 aromatic carbocycles. The van der Waals surface area contributed by atoms with Crippen molar-refractivity contribution in [2.24, 2.45) is 0 Å². The highest BCUT2D eigenvalue weighted by molar-refractivity contribution is 5.17. The summed E-state index contributed by atoms with van der Waals surface area (Å²) in [7, 11) is 0. The molecule has 0 aliphatic carbocycles. The van der Waals surface area contributed by atoms with Crippen LogP contribution in [0.25, 0.3) is 0 Å². The van der Waals surface area contributed by atoms with Gasteiger partial charge in [0.2, 0.25) is 0 Å². The lowest BCUT2D eigenvalue weighted by Crippen LogP contribution is -2.29. The summed E-state index contributed by atoms with van der Waals surface area (Å²) in [5.74, 6) is 0.